The first kappa shape index (κ1) is 11.4. The highest BCUT2D eigenvalue weighted by atomic mass is 35.5. The third-order valence-electron chi connectivity index (χ3n) is 2.40. The van der Waals surface area contributed by atoms with Gasteiger partial charge in [0.15, 0.2) is 0 Å². The van der Waals surface area contributed by atoms with E-state index in [0.29, 0.717) is 24.7 Å². The molecule has 1 atom stereocenters. The van der Waals surface area contributed by atoms with Crippen molar-refractivity contribution in [1.29, 1.82) is 0 Å². The predicted octanol–water partition coefficient (Wildman–Crippen LogP) is 1.30. The second-order valence-electron chi connectivity index (χ2n) is 3.64. The van der Waals surface area contributed by atoms with Gasteiger partial charge in [-0.2, -0.15) is 4.98 Å². The van der Waals surface area contributed by atoms with Crippen molar-refractivity contribution in [1.82, 2.24) is 9.97 Å². The van der Waals surface area contributed by atoms with Crippen molar-refractivity contribution in [3.05, 3.63) is 11.2 Å². The van der Waals surface area contributed by atoms with Crippen LogP contribution < -0.4 is 10.6 Å². The number of hydrogen-bond acceptors (Lipinski definition) is 4. The average Bonchev–Trinajstić information content (AvgIpc) is 2.58. The summed E-state index contributed by atoms with van der Waals surface area (Å²) in [5.41, 5.74) is 5.47. The van der Waals surface area contributed by atoms with Gasteiger partial charge >= 0.3 is 0 Å². The molecule has 1 aromatic rings. The Morgan fingerprint density at radius 3 is 2.88 bits per heavy atom. The highest BCUT2D eigenvalue weighted by Gasteiger charge is 2.31. The summed E-state index contributed by atoms with van der Waals surface area (Å²) in [4.78, 5) is 20.9. The Kier molecular flexibility index (Phi) is 3.16. The number of nitrogens with two attached hydrogens (primary N) is 1. The highest BCUT2D eigenvalue weighted by molar-refractivity contribution is 6.29. The molecule has 1 amide bonds. The molecule has 16 heavy (non-hydrogen) atoms. The monoisotopic (exact) mass is 260 g/mol. The van der Waals surface area contributed by atoms with E-state index in [-0.39, 0.29) is 22.9 Å². The van der Waals surface area contributed by atoms with Crippen LogP contribution in [0.2, 0.25) is 5.15 Å². The molecule has 0 bridgehead atoms. The Bertz CT molecular complexity index is 406. The zero-order chi connectivity index (χ0) is 11.7. The van der Waals surface area contributed by atoms with Crippen LogP contribution in [0.1, 0.15) is 6.42 Å². The zero-order valence-corrected chi connectivity index (χ0v) is 9.87. The predicted molar refractivity (Wildman–Crippen MR) is 62.6 cm³/mol. The molecule has 1 aromatic heterocycles. The van der Waals surface area contributed by atoms with E-state index in [0.717, 1.165) is 0 Å². The fraction of sp³-hybridized carbons (Fsp3) is 0.444. The number of rotatable bonds is 2. The van der Waals surface area contributed by atoms with Gasteiger partial charge in [-0.3, -0.25) is 9.69 Å². The SMILES string of the molecule is Nc1nc(Cl)cc(N2CC(CCl)CC2=O)n1. The molecule has 1 saturated heterocycles. The summed E-state index contributed by atoms with van der Waals surface area (Å²) in [5.74, 6) is 1.10. The van der Waals surface area contributed by atoms with E-state index >= 15 is 0 Å². The third-order valence-corrected chi connectivity index (χ3v) is 3.03. The number of aromatic nitrogens is 2. The zero-order valence-electron chi connectivity index (χ0n) is 8.36. The van der Waals surface area contributed by atoms with Crippen molar-refractivity contribution < 1.29 is 4.79 Å². The minimum absolute atomic E-state index is 0.0141. The van der Waals surface area contributed by atoms with Crippen LogP contribution in [-0.2, 0) is 4.79 Å². The molecule has 0 spiro atoms. The lowest BCUT2D eigenvalue weighted by atomic mass is 10.1. The summed E-state index contributed by atoms with van der Waals surface area (Å²) in [6.45, 7) is 0.551. The number of alkyl halides is 1. The van der Waals surface area contributed by atoms with Gasteiger partial charge in [0.25, 0.3) is 0 Å². The topological polar surface area (TPSA) is 72.1 Å². The second kappa shape index (κ2) is 4.43. The molecule has 0 aliphatic carbocycles. The van der Waals surface area contributed by atoms with Crippen LogP contribution in [0.3, 0.4) is 0 Å². The van der Waals surface area contributed by atoms with E-state index in [1.54, 1.807) is 0 Å². The molecule has 0 saturated carbocycles. The second-order valence-corrected chi connectivity index (χ2v) is 4.33. The molecule has 0 aromatic carbocycles. The Balaban J connectivity index is 2.27. The number of hydrogen-bond donors (Lipinski definition) is 1. The van der Waals surface area contributed by atoms with Gasteiger partial charge in [-0.25, -0.2) is 4.98 Å². The van der Waals surface area contributed by atoms with Gasteiger partial charge in [0.1, 0.15) is 11.0 Å². The molecule has 86 valence electrons. The van der Waals surface area contributed by atoms with E-state index in [2.05, 4.69) is 9.97 Å². The van der Waals surface area contributed by atoms with Crippen molar-refractivity contribution in [3.8, 4) is 0 Å². The molecule has 1 fully saturated rings. The Hall–Kier alpha value is -1.07. The molecule has 7 heteroatoms. The Labute approximate surface area is 103 Å². The first-order chi connectivity index (χ1) is 7.60. The number of carbonyl (C=O) groups is 1. The molecule has 0 radical (unpaired) electrons. The molecule has 2 heterocycles. The van der Waals surface area contributed by atoms with E-state index in [1.807, 2.05) is 0 Å². The summed E-state index contributed by atoms with van der Waals surface area (Å²) in [7, 11) is 0. The molecular formula is C9H10Cl2N4O. The maximum Gasteiger partial charge on any atom is 0.228 e. The van der Waals surface area contributed by atoms with Crippen molar-refractivity contribution in [2.75, 3.05) is 23.1 Å². The van der Waals surface area contributed by atoms with Gasteiger partial charge in [-0.15, -0.1) is 11.6 Å². The lowest BCUT2D eigenvalue weighted by Gasteiger charge is -2.15. The quantitative estimate of drug-likeness (QED) is 0.643. The normalized spacial score (nSPS) is 20.5. The van der Waals surface area contributed by atoms with Crippen LogP contribution in [0.5, 0.6) is 0 Å². The van der Waals surface area contributed by atoms with Crippen LogP contribution in [0.15, 0.2) is 6.07 Å². The van der Waals surface area contributed by atoms with E-state index < -0.39 is 0 Å². The highest BCUT2D eigenvalue weighted by Crippen LogP contribution is 2.25. The molecule has 2 rings (SSSR count). The molecule has 1 aliphatic rings. The number of nitrogen functional groups attached to an aromatic ring is 1. The van der Waals surface area contributed by atoms with E-state index in [9.17, 15) is 4.79 Å². The summed E-state index contributed by atoms with van der Waals surface area (Å²) in [6, 6.07) is 1.52. The Morgan fingerprint density at radius 2 is 2.31 bits per heavy atom. The van der Waals surface area contributed by atoms with Gasteiger partial charge in [-0.05, 0) is 5.92 Å². The third kappa shape index (κ3) is 2.20. The summed E-state index contributed by atoms with van der Waals surface area (Å²) in [5, 5.41) is 0.227. The smallest absolute Gasteiger partial charge is 0.228 e. The van der Waals surface area contributed by atoms with E-state index in [4.69, 9.17) is 28.9 Å². The van der Waals surface area contributed by atoms with Crippen LogP contribution in [0, 0.1) is 5.92 Å². The first-order valence-electron chi connectivity index (χ1n) is 4.76. The van der Waals surface area contributed by atoms with E-state index in [1.165, 1.54) is 11.0 Å². The van der Waals surface area contributed by atoms with Gasteiger partial charge in [-0.1, -0.05) is 11.6 Å². The standard InChI is InChI=1S/C9H10Cl2N4O/c10-3-5-1-8(16)15(4-5)7-2-6(11)13-9(12)14-7/h2,5H,1,3-4H2,(H2,12,13,14). The van der Waals surface area contributed by atoms with Crippen LogP contribution in [-0.4, -0.2) is 28.3 Å². The van der Waals surface area contributed by atoms with Gasteiger partial charge in [0.2, 0.25) is 11.9 Å². The summed E-state index contributed by atoms with van der Waals surface area (Å²) in [6.07, 6.45) is 0.436. The van der Waals surface area contributed by atoms with Crippen LogP contribution >= 0.6 is 23.2 Å². The molecular weight excluding hydrogens is 251 g/mol. The molecule has 1 aliphatic heterocycles. The van der Waals surface area contributed by atoms with Gasteiger partial charge in [0.05, 0.1) is 0 Å². The minimum Gasteiger partial charge on any atom is -0.368 e. The number of carbonyl (C=O) groups excluding carboxylic acids is 1. The number of amides is 1. The maximum atomic E-state index is 11.7. The van der Waals surface area contributed by atoms with Gasteiger partial charge in [0, 0.05) is 24.9 Å². The minimum atomic E-state index is -0.0141. The maximum absolute atomic E-state index is 11.7. The molecule has 2 N–H and O–H groups in total. The van der Waals surface area contributed by atoms with Crippen molar-refractivity contribution in [2.45, 2.75) is 6.42 Å². The summed E-state index contributed by atoms with van der Waals surface area (Å²) >= 11 is 11.5. The Morgan fingerprint density at radius 1 is 1.56 bits per heavy atom. The number of anilines is 2. The van der Waals surface area contributed by atoms with Crippen molar-refractivity contribution in [3.63, 3.8) is 0 Å². The lowest BCUT2D eigenvalue weighted by Crippen LogP contribution is -2.26. The van der Waals surface area contributed by atoms with Crippen molar-refractivity contribution in [2.24, 2.45) is 5.92 Å². The fourth-order valence-corrected chi connectivity index (χ4v) is 2.06. The van der Waals surface area contributed by atoms with Gasteiger partial charge < -0.3 is 5.73 Å². The largest absolute Gasteiger partial charge is 0.368 e. The van der Waals surface area contributed by atoms with Crippen LogP contribution in [0.4, 0.5) is 11.8 Å². The fourth-order valence-electron chi connectivity index (χ4n) is 1.67. The lowest BCUT2D eigenvalue weighted by molar-refractivity contribution is -0.117. The molecule has 1 unspecified atom stereocenters. The molecule has 5 nitrogen and oxygen atoms in total. The average molecular weight is 261 g/mol. The number of halogens is 2. The summed E-state index contributed by atoms with van der Waals surface area (Å²) < 4.78 is 0. The number of nitrogens with zero attached hydrogens (tertiary/aromatic N) is 3. The van der Waals surface area contributed by atoms with Crippen molar-refractivity contribution >= 4 is 40.9 Å². The van der Waals surface area contributed by atoms with Crippen LogP contribution in [0.25, 0.3) is 0 Å². The first-order valence-corrected chi connectivity index (χ1v) is 5.68.